The van der Waals surface area contributed by atoms with Crippen molar-refractivity contribution in [3.05, 3.63) is 35.4 Å². The van der Waals surface area contributed by atoms with Gasteiger partial charge in [-0.3, -0.25) is 9.89 Å². The van der Waals surface area contributed by atoms with Crippen molar-refractivity contribution in [2.75, 3.05) is 33.3 Å². The number of aliphatic imine (C=N–C) groups is 1. The van der Waals surface area contributed by atoms with Gasteiger partial charge in [-0.05, 0) is 43.2 Å². The van der Waals surface area contributed by atoms with Crippen LogP contribution < -0.4 is 10.6 Å². The number of nitrogens with one attached hydrogen (secondary N) is 2. The SMILES string of the molecule is CN=C(NCc1ccc(CN2CC(C)OC(C)C2)cc1)NCC1CCCOC1C(C)(C)C. The van der Waals surface area contributed by atoms with E-state index >= 15 is 0 Å². The second-order valence-corrected chi connectivity index (χ2v) is 10.6. The molecule has 0 amide bonds. The van der Waals surface area contributed by atoms with Crippen molar-refractivity contribution in [1.29, 1.82) is 0 Å². The van der Waals surface area contributed by atoms with Gasteiger partial charge in [0.1, 0.15) is 0 Å². The smallest absolute Gasteiger partial charge is 0.191 e. The Morgan fingerprint density at radius 3 is 2.34 bits per heavy atom. The van der Waals surface area contributed by atoms with Crippen LogP contribution in [-0.2, 0) is 22.6 Å². The van der Waals surface area contributed by atoms with Crippen LogP contribution in [0.4, 0.5) is 0 Å². The molecule has 4 atom stereocenters. The monoisotopic (exact) mass is 444 g/mol. The summed E-state index contributed by atoms with van der Waals surface area (Å²) in [6.07, 6.45) is 3.24. The van der Waals surface area contributed by atoms with E-state index in [2.05, 4.69) is 79.4 Å². The molecule has 2 aliphatic heterocycles. The van der Waals surface area contributed by atoms with Crippen LogP contribution in [0.1, 0.15) is 58.6 Å². The van der Waals surface area contributed by atoms with Crippen molar-refractivity contribution < 1.29 is 9.47 Å². The number of benzene rings is 1. The fourth-order valence-corrected chi connectivity index (χ4v) is 5.08. The lowest BCUT2D eigenvalue weighted by Gasteiger charge is -2.40. The Morgan fingerprint density at radius 2 is 1.72 bits per heavy atom. The molecule has 1 aromatic rings. The van der Waals surface area contributed by atoms with Gasteiger partial charge in [0.25, 0.3) is 0 Å². The minimum absolute atomic E-state index is 0.156. The summed E-state index contributed by atoms with van der Waals surface area (Å²) in [6, 6.07) is 8.91. The summed E-state index contributed by atoms with van der Waals surface area (Å²) in [5, 5.41) is 6.99. The number of ether oxygens (including phenoxy) is 2. The van der Waals surface area contributed by atoms with E-state index in [1.165, 1.54) is 17.5 Å². The van der Waals surface area contributed by atoms with E-state index in [0.717, 1.165) is 51.7 Å². The van der Waals surface area contributed by atoms with Crippen LogP contribution in [0.2, 0.25) is 0 Å². The maximum atomic E-state index is 6.12. The second-order valence-electron chi connectivity index (χ2n) is 10.6. The molecule has 32 heavy (non-hydrogen) atoms. The standard InChI is InChI=1S/C26H44N4O2/c1-19-16-30(17-20(2)32-19)18-22-11-9-21(10-12-22)14-28-25(27-6)29-15-23-8-7-13-31-24(23)26(3,4)5/h9-12,19-20,23-24H,7-8,13-18H2,1-6H3,(H2,27,28,29). The first-order chi connectivity index (χ1) is 15.2. The molecular weight excluding hydrogens is 400 g/mol. The summed E-state index contributed by atoms with van der Waals surface area (Å²) in [4.78, 5) is 6.90. The van der Waals surface area contributed by atoms with Gasteiger partial charge < -0.3 is 20.1 Å². The van der Waals surface area contributed by atoms with E-state index in [4.69, 9.17) is 9.47 Å². The maximum absolute atomic E-state index is 6.12. The largest absolute Gasteiger partial charge is 0.377 e. The predicted octanol–water partition coefficient (Wildman–Crippen LogP) is 3.80. The summed E-state index contributed by atoms with van der Waals surface area (Å²) < 4.78 is 12.0. The molecule has 2 saturated heterocycles. The Balaban J connectivity index is 1.45. The maximum Gasteiger partial charge on any atom is 0.191 e. The van der Waals surface area contributed by atoms with E-state index in [9.17, 15) is 0 Å². The molecule has 0 saturated carbocycles. The quantitative estimate of drug-likeness (QED) is 0.516. The molecule has 0 aliphatic carbocycles. The zero-order valence-electron chi connectivity index (χ0n) is 21.0. The van der Waals surface area contributed by atoms with Crippen molar-refractivity contribution >= 4 is 5.96 Å². The Kier molecular flexibility index (Phi) is 8.97. The van der Waals surface area contributed by atoms with Crippen LogP contribution in [0.25, 0.3) is 0 Å². The molecule has 2 fully saturated rings. The first kappa shape index (κ1) is 25.0. The van der Waals surface area contributed by atoms with Gasteiger partial charge in [0.05, 0.1) is 18.3 Å². The second kappa shape index (κ2) is 11.5. The Bertz CT molecular complexity index is 718. The number of nitrogens with zero attached hydrogens (tertiary/aromatic N) is 2. The zero-order chi connectivity index (χ0) is 23.1. The van der Waals surface area contributed by atoms with E-state index in [1.54, 1.807) is 0 Å². The predicted molar refractivity (Wildman–Crippen MR) is 132 cm³/mol. The van der Waals surface area contributed by atoms with Crippen LogP contribution in [-0.4, -0.2) is 62.5 Å². The van der Waals surface area contributed by atoms with Gasteiger partial charge in [-0.15, -0.1) is 0 Å². The molecular formula is C26H44N4O2. The summed E-state index contributed by atoms with van der Waals surface area (Å²) in [5.74, 6) is 1.36. The molecule has 2 N–H and O–H groups in total. The number of hydrogen-bond acceptors (Lipinski definition) is 4. The summed E-state index contributed by atoms with van der Waals surface area (Å²) in [5.41, 5.74) is 2.76. The fourth-order valence-electron chi connectivity index (χ4n) is 5.08. The van der Waals surface area contributed by atoms with Gasteiger partial charge in [0.2, 0.25) is 0 Å². The first-order valence-corrected chi connectivity index (χ1v) is 12.3. The normalized spacial score (nSPS) is 27.9. The van der Waals surface area contributed by atoms with Crippen molar-refractivity contribution in [1.82, 2.24) is 15.5 Å². The number of rotatable bonds is 6. The molecule has 180 valence electrons. The average molecular weight is 445 g/mol. The average Bonchev–Trinajstić information content (AvgIpc) is 2.74. The molecule has 4 unspecified atom stereocenters. The first-order valence-electron chi connectivity index (χ1n) is 12.3. The number of guanidine groups is 1. The van der Waals surface area contributed by atoms with Gasteiger partial charge in [-0.25, -0.2) is 0 Å². The fraction of sp³-hybridized carbons (Fsp3) is 0.731. The molecule has 3 rings (SSSR count). The lowest BCUT2D eigenvalue weighted by molar-refractivity contribution is -0.0835. The van der Waals surface area contributed by atoms with Crippen molar-refractivity contribution in [2.45, 2.75) is 78.9 Å². The lowest BCUT2D eigenvalue weighted by atomic mass is 9.78. The number of morpholine rings is 1. The summed E-state index contributed by atoms with van der Waals surface area (Å²) in [7, 11) is 1.83. The van der Waals surface area contributed by atoms with E-state index in [-0.39, 0.29) is 11.5 Å². The van der Waals surface area contributed by atoms with Crippen molar-refractivity contribution in [2.24, 2.45) is 16.3 Å². The van der Waals surface area contributed by atoms with Crippen LogP contribution in [0.5, 0.6) is 0 Å². The Hall–Kier alpha value is -1.63. The van der Waals surface area contributed by atoms with Crippen LogP contribution in [0.3, 0.4) is 0 Å². The van der Waals surface area contributed by atoms with Crippen molar-refractivity contribution in [3.8, 4) is 0 Å². The Labute approximate surface area is 195 Å². The molecule has 6 nitrogen and oxygen atoms in total. The molecule has 0 radical (unpaired) electrons. The molecule has 0 bridgehead atoms. The Morgan fingerprint density at radius 1 is 1.06 bits per heavy atom. The minimum atomic E-state index is 0.156. The molecule has 1 aromatic carbocycles. The van der Waals surface area contributed by atoms with Gasteiger partial charge in [-0.2, -0.15) is 0 Å². The third-order valence-corrected chi connectivity index (χ3v) is 6.44. The van der Waals surface area contributed by atoms with E-state index in [0.29, 0.717) is 18.1 Å². The molecule has 6 heteroatoms. The molecule has 0 spiro atoms. The summed E-state index contributed by atoms with van der Waals surface area (Å²) in [6.45, 7) is 16.6. The van der Waals surface area contributed by atoms with Gasteiger partial charge in [0.15, 0.2) is 5.96 Å². The van der Waals surface area contributed by atoms with Crippen LogP contribution in [0, 0.1) is 11.3 Å². The minimum Gasteiger partial charge on any atom is -0.377 e. The highest BCUT2D eigenvalue weighted by Gasteiger charge is 2.35. The summed E-state index contributed by atoms with van der Waals surface area (Å²) >= 11 is 0. The molecule has 0 aromatic heterocycles. The highest BCUT2D eigenvalue weighted by Crippen LogP contribution is 2.33. The van der Waals surface area contributed by atoms with E-state index in [1.807, 2.05) is 7.05 Å². The zero-order valence-corrected chi connectivity index (χ0v) is 21.0. The molecule has 2 heterocycles. The van der Waals surface area contributed by atoms with Gasteiger partial charge >= 0.3 is 0 Å². The third-order valence-electron chi connectivity index (χ3n) is 6.44. The topological polar surface area (TPSA) is 58.1 Å². The lowest BCUT2D eigenvalue weighted by Crippen LogP contribution is -2.47. The van der Waals surface area contributed by atoms with Gasteiger partial charge in [0, 0.05) is 52.3 Å². The van der Waals surface area contributed by atoms with Crippen molar-refractivity contribution in [3.63, 3.8) is 0 Å². The van der Waals surface area contributed by atoms with E-state index < -0.39 is 0 Å². The molecule has 2 aliphatic rings. The highest BCUT2D eigenvalue weighted by molar-refractivity contribution is 5.79. The third kappa shape index (κ3) is 7.46. The number of hydrogen-bond donors (Lipinski definition) is 2. The van der Waals surface area contributed by atoms with Crippen LogP contribution in [0.15, 0.2) is 29.3 Å². The highest BCUT2D eigenvalue weighted by atomic mass is 16.5. The van der Waals surface area contributed by atoms with Gasteiger partial charge in [-0.1, -0.05) is 45.0 Å². The van der Waals surface area contributed by atoms with Crippen LogP contribution >= 0.6 is 0 Å².